The molecule has 0 aliphatic heterocycles. The van der Waals surface area contributed by atoms with E-state index >= 15 is 0 Å². The zero-order valence-corrected chi connectivity index (χ0v) is 19.3. The fourth-order valence-electron chi connectivity index (χ4n) is 5.07. The van der Waals surface area contributed by atoms with E-state index in [1.165, 1.54) is 25.3 Å². The van der Waals surface area contributed by atoms with Crippen LogP contribution in [0.1, 0.15) is 70.9 Å². The van der Waals surface area contributed by atoms with Crippen molar-refractivity contribution in [2.75, 3.05) is 0 Å². The third-order valence-corrected chi connectivity index (χ3v) is 6.93. The standard InChI is InChI=1S/C28H30N2O4/c1-2-3-4-5-6-9-17-12-14-18(15-13-17)28(30)21(27(33)34)16-22(29)23-24(28)26(32)20-11-8-7-10-19(20)25(23)31/h7-8,10-16,21H,2-6,9,29-30H2,1H3,(H,33,34). The molecular weight excluding hydrogens is 428 g/mol. The number of carboxylic acid groups (broad SMARTS) is 1. The smallest absolute Gasteiger partial charge is 0.313 e. The Morgan fingerprint density at radius 2 is 1.56 bits per heavy atom. The number of carbonyl (C=O) groups excluding carboxylic acids is 2. The van der Waals surface area contributed by atoms with Crippen molar-refractivity contribution in [2.45, 2.75) is 51.0 Å². The summed E-state index contributed by atoms with van der Waals surface area (Å²) in [5, 5.41) is 10.0. The molecule has 0 bridgehead atoms. The molecule has 2 aromatic carbocycles. The summed E-state index contributed by atoms with van der Waals surface area (Å²) in [7, 11) is 0. The Hall–Kier alpha value is -3.51. The van der Waals surface area contributed by atoms with Gasteiger partial charge in [0, 0.05) is 22.4 Å². The van der Waals surface area contributed by atoms with E-state index in [0.717, 1.165) is 24.8 Å². The number of ketones is 2. The monoisotopic (exact) mass is 458 g/mol. The second-order valence-electron chi connectivity index (χ2n) is 9.12. The lowest BCUT2D eigenvalue weighted by Gasteiger charge is -2.41. The molecule has 0 fully saturated rings. The maximum Gasteiger partial charge on any atom is 0.313 e. The SMILES string of the molecule is CCCCCCCc1ccc(C2(N)C3=C(C(=O)c4ccccc4C3=O)C(N)=CC2C(=O)O)cc1. The highest BCUT2D eigenvalue weighted by atomic mass is 16.4. The van der Waals surface area contributed by atoms with Crippen molar-refractivity contribution in [1.29, 1.82) is 0 Å². The lowest BCUT2D eigenvalue weighted by Crippen LogP contribution is -2.54. The third-order valence-electron chi connectivity index (χ3n) is 6.93. The van der Waals surface area contributed by atoms with Crippen LogP contribution in [0.5, 0.6) is 0 Å². The number of benzene rings is 2. The first kappa shape index (κ1) is 23.6. The van der Waals surface area contributed by atoms with Gasteiger partial charge in [-0.2, -0.15) is 0 Å². The summed E-state index contributed by atoms with van der Waals surface area (Å²) in [6, 6.07) is 13.9. The van der Waals surface area contributed by atoms with E-state index < -0.39 is 29.0 Å². The quantitative estimate of drug-likeness (QED) is 0.507. The summed E-state index contributed by atoms with van der Waals surface area (Å²) in [6.07, 6.45) is 8.08. The summed E-state index contributed by atoms with van der Waals surface area (Å²) in [5.74, 6) is -3.39. The second kappa shape index (κ2) is 9.39. The molecule has 0 radical (unpaired) electrons. The van der Waals surface area contributed by atoms with Crippen LogP contribution in [0.15, 0.2) is 71.5 Å². The Kier molecular flexibility index (Phi) is 6.53. The highest BCUT2D eigenvalue weighted by Crippen LogP contribution is 2.46. The van der Waals surface area contributed by atoms with E-state index in [1.807, 2.05) is 12.1 Å². The number of aryl methyl sites for hydroxylation is 1. The zero-order valence-electron chi connectivity index (χ0n) is 19.3. The Morgan fingerprint density at radius 1 is 0.941 bits per heavy atom. The number of hydrogen-bond donors (Lipinski definition) is 3. The maximum atomic E-state index is 13.6. The van der Waals surface area contributed by atoms with Crippen molar-refractivity contribution in [3.05, 3.63) is 93.7 Å². The molecule has 2 unspecified atom stereocenters. The molecule has 6 heteroatoms. The third kappa shape index (κ3) is 3.88. The van der Waals surface area contributed by atoms with Gasteiger partial charge in [0.2, 0.25) is 0 Å². The van der Waals surface area contributed by atoms with Gasteiger partial charge in [-0.05, 0) is 30.0 Å². The highest BCUT2D eigenvalue weighted by molar-refractivity contribution is 6.29. The first-order valence-corrected chi connectivity index (χ1v) is 11.8. The first-order valence-electron chi connectivity index (χ1n) is 11.8. The lowest BCUT2D eigenvalue weighted by molar-refractivity contribution is -0.141. The van der Waals surface area contributed by atoms with Crippen LogP contribution >= 0.6 is 0 Å². The minimum absolute atomic E-state index is 0.00343. The largest absolute Gasteiger partial charge is 0.481 e. The molecule has 176 valence electrons. The molecule has 2 aliphatic carbocycles. The minimum atomic E-state index is -1.73. The maximum absolute atomic E-state index is 13.6. The highest BCUT2D eigenvalue weighted by Gasteiger charge is 2.53. The number of rotatable bonds is 8. The van der Waals surface area contributed by atoms with Crippen molar-refractivity contribution >= 4 is 17.5 Å². The number of aliphatic carboxylic acids is 1. The molecule has 0 spiro atoms. The predicted molar refractivity (Wildman–Crippen MR) is 130 cm³/mol. The van der Waals surface area contributed by atoms with Gasteiger partial charge in [0.25, 0.3) is 0 Å². The Morgan fingerprint density at radius 3 is 2.18 bits per heavy atom. The van der Waals surface area contributed by atoms with Crippen molar-refractivity contribution < 1.29 is 19.5 Å². The number of carbonyl (C=O) groups is 3. The Bertz CT molecular complexity index is 1210. The van der Waals surface area contributed by atoms with E-state index in [2.05, 4.69) is 6.92 Å². The number of Topliss-reactive ketones (excluding diaryl/α,β-unsaturated/α-hetero) is 2. The molecule has 0 amide bonds. The van der Waals surface area contributed by atoms with E-state index in [0.29, 0.717) is 5.56 Å². The lowest BCUT2D eigenvalue weighted by atomic mass is 9.63. The molecule has 0 saturated carbocycles. The molecule has 2 aromatic rings. The molecule has 0 saturated heterocycles. The number of hydrogen-bond acceptors (Lipinski definition) is 5. The normalized spacial score (nSPS) is 21.7. The summed E-state index contributed by atoms with van der Waals surface area (Å²) >= 11 is 0. The molecule has 34 heavy (non-hydrogen) atoms. The van der Waals surface area contributed by atoms with Crippen LogP contribution in [-0.4, -0.2) is 22.6 Å². The van der Waals surface area contributed by atoms with Crippen molar-refractivity contribution in [1.82, 2.24) is 0 Å². The van der Waals surface area contributed by atoms with Crippen LogP contribution in [0.3, 0.4) is 0 Å². The summed E-state index contributed by atoms with van der Waals surface area (Å²) in [6.45, 7) is 2.18. The Balaban J connectivity index is 1.76. The van der Waals surface area contributed by atoms with E-state index in [4.69, 9.17) is 11.5 Å². The predicted octanol–water partition coefficient (Wildman–Crippen LogP) is 4.29. The summed E-state index contributed by atoms with van der Waals surface area (Å²) in [5.41, 5.74) is 13.2. The van der Waals surface area contributed by atoms with Gasteiger partial charge in [-0.3, -0.25) is 14.4 Å². The van der Waals surface area contributed by atoms with Crippen LogP contribution in [-0.2, 0) is 16.8 Å². The van der Waals surface area contributed by atoms with Crippen LogP contribution in [0.25, 0.3) is 0 Å². The van der Waals surface area contributed by atoms with Gasteiger partial charge in [-0.15, -0.1) is 0 Å². The van der Waals surface area contributed by atoms with Crippen LogP contribution in [0.4, 0.5) is 0 Å². The van der Waals surface area contributed by atoms with Crippen LogP contribution in [0.2, 0.25) is 0 Å². The molecule has 0 heterocycles. The van der Waals surface area contributed by atoms with E-state index in [-0.39, 0.29) is 28.0 Å². The average Bonchev–Trinajstić information content (AvgIpc) is 2.83. The molecule has 5 N–H and O–H groups in total. The molecule has 2 atom stereocenters. The number of allylic oxidation sites excluding steroid dienone is 1. The number of unbranched alkanes of at least 4 members (excludes halogenated alkanes) is 4. The molecule has 2 aliphatic rings. The van der Waals surface area contributed by atoms with Crippen LogP contribution < -0.4 is 11.5 Å². The molecule has 4 rings (SSSR count). The molecule has 6 nitrogen and oxygen atoms in total. The first-order chi connectivity index (χ1) is 16.3. The Labute approximate surface area is 199 Å². The van der Waals surface area contributed by atoms with Crippen LogP contribution in [0, 0.1) is 5.92 Å². The second-order valence-corrected chi connectivity index (χ2v) is 9.12. The molecular formula is C28H30N2O4. The van der Waals surface area contributed by atoms with Crippen molar-refractivity contribution in [3.63, 3.8) is 0 Å². The minimum Gasteiger partial charge on any atom is -0.481 e. The summed E-state index contributed by atoms with van der Waals surface area (Å²) in [4.78, 5) is 39.2. The van der Waals surface area contributed by atoms with Gasteiger partial charge < -0.3 is 16.6 Å². The topological polar surface area (TPSA) is 123 Å². The fourth-order valence-corrected chi connectivity index (χ4v) is 5.07. The van der Waals surface area contributed by atoms with Gasteiger partial charge in [-0.1, -0.05) is 81.1 Å². The van der Waals surface area contributed by atoms with Gasteiger partial charge in [0.05, 0.1) is 11.1 Å². The van der Waals surface area contributed by atoms with Gasteiger partial charge in [-0.25, -0.2) is 0 Å². The van der Waals surface area contributed by atoms with E-state index in [1.54, 1.807) is 36.4 Å². The van der Waals surface area contributed by atoms with Gasteiger partial charge >= 0.3 is 5.97 Å². The number of carboxylic acids is 1. The number of nitrogens with two attached hydrogens (primary N) is 2. The van der Waals surface area contributed by atoms with Crippen molar-refractivity contribution in [2.24, 2.45) is 17.4 Å². The zero-order chi connectivity index (χ0) is 24.5. The van der Waals surface area contributed by atoms with Gasteiger partial charge in [0.15, 0.2) is 11.6 Å². The molecule has 0 aromatic heterocycles. The van der Waals surface area contributed by atoms with E-state index in [9.17, 15) is 19.5 Å². The number of fused-ring (bicyclic) bond motifs is 1. The summed E-state index contributed by atoms with van der Waals surface area (Å²) < 4.78 is 0. The van der Waals surface area contributed by atoms with Crippen molar-refractivity contribution in [3.8, 4) is 0 Å². The average molecular weight is 459 g/mol. The fraction of sp³-hybridized carbons (Fsp3) is 0.321. The van der Waals surface area contributed by atoms with Gasteiger partial charge in [0.1, 0.15) is 5.92 Å².